The molecule has 0 unspecified atom stereocenters. The number of amidine groups is 1. The molecule has 1 saturated heterocycles. The van der Waals surface area contributed by atoms with Gasteiger partial charge in [-0.25, -0.2) is 19.1 Å². The van der Waals surface area contributed by atoms with E-state index in [9.17, 15) is 10.1 Å². The van der Waals surface area contributed by atoms with Crippen LogP contribution in [-0.2, 0) is 4.74 Å². The number of hydrogen-bond donors (Lipinski definition) is 0. The molecule has 2 aromatic heterocycles. The van der Waals surface area contributed by atoms with Crippen molar-refractivity contribution in [2.75, 3.05) is 33.4 Å². The second-order valence-corrected chi connectivity index (χ2v) is 12.8. The van der Waals surface area contributed by atoms with Crippen LogP contribution in [0.15, 0.2) is 81.8 Å². The molecule has 194 valence electrons. The van der Waals surface area contributed by atoms with E-state index in [0.29, 0.717) is 37.8 Å². The Balaban J connectivity index is 1.73. The highest BCUT2D eigenvalue weighted by atomic mass is 32.1. The van der Waals surface area contributed by atoms with Crippen molar-refractivity contribution in [2.24, 2.45) is 9.74 Å². The number of nitrogens with zero attached hydrogens (tertiary/aromatic N) is 7. The topological polar surface area (TPSA) is 101 Å². The molecule has 0 amide bonds. The lowest BCUT2D eigenvalue weighted by Crippen LogP contribution is -2.45. The number of ether oxygens (including phenoxy) is 1. The van der Waals surface area contributed by atoms with Gasteiger partial charge in [0.25, 0.3) is 5.69 Å². The highest BCUT2D eigenvalue weighted by Crippen LogP contribution is 2.62. The highest BCUT2D eigenvalue weighted by Gasteiger charge is 2.46. The Labute approximate surface area is 224 Å². The first-order valence-corrected chi connectivity index (χ1v) is 14.7. The van der Waals surface area contributed by atoms with Gasteiger partial charge < -0.3 is 9.41 Å². The van der Waals surface area contributed by atoms with E-state index < -0.39 is 7.36 Å². The largest absolute Gasteiger partial charge is 0.379 e. The second-order valence-electron chi connectivity index (χ2n) is 8.92. The van der Waals surface area contributed by atoms with Crippen molar-refractivity contribution in [1.29, 1.82) is 0 Å². The van der Waals surface area contributed by atoms with Gasteiger partial charge in [0.15, 0.2) is 19.0 Å². The molecule has 0 aliphatic carbocycles. The van der Waals surface area contributed by atoms with Gasteiger partial charge in [-0.2, -0.15) is 5.10 Å². The fourth-order valence-corrected chi connectivity index (χ4v) is 9.62. The Morgan fingerprint density at radius 1 is 1.05 bits per heavy atom. The van der Waals surface area contributed by atoms with Crippen LogP contribution in [0.5, 0.6) is 0 Å². The van der Waals surface area contributed by atoms with Crippen molar-refractivity contribution in [2.45, 2.75) is 6.92 Å². The molecule has 38 heavy (non-hydrogen) atoms. The van der Waals surface area contributed by atoms with E-state index in [4.69, 9.17) is 19.6 Å². The average Bonchev–Trinajstić information content (AvgIpc) is 3.60. The summed E-state index contributed by atoms with van der Waals surface area (Å²) in [6.07, 6.45) is 0. The average molecular weight is 548 g/mol. The summed E-state index contributed by atoms with van der Waals surface area (Å²) in [6.45, 7) is 4.34. The van der Waals surface area contributed by atoms with Crippen LogP contribution < -0.4 is 5.30 Å². The Kier molecular flexibility index (Phi) is 6.45. The van der Waals surface area contributed by atoms with E-state index in [1.165, 1.54) is 6.07 Å². The zero-order valence-corrected chi connectivity index (χ0v) is 22.7. The first kappa shape index (κ1) is 24.7. The number of hydrogen-bond acceptors (Lipinski definition) is 7. The van der Waals surface area contributed by atoms with E-state index in [1.54, 1.807) is 29.5 Å². The Morgan fingerprint density at radius 3 is 2.50 bits per heavy atom. The number of morpholine rings is 1. The first-order valence-electron chi connectivity index (χ1n) is 12.2. The Morgan fingerprint density at radius 2 is 1.79 bits per heavy atom. The van der Waals surface area contributed by atoms with Crippen molar-refractivity contribution in [1.82, 2.24) is 19.1 Å². The van der Waals surface area contributed by atoms with Gasteiger partial charge in [-0.15, -0.1) is 11.3 Å². The lowest BCUT2D eigenvalue weighted by atomic mass is 10.3. The zero-order chi connectivity index (χ0) is 26.3. The number of fused-ring (bicyclic) bond motifs is 1. The number of benzene rings is 2. The predicted molar refractivity (Wildman–Crippen MR) is 151 cm³/mol. The minimum Gasteiger partial charge on any atom is -0.379 e. The molecule has 1 atom stereocenters. The summed E-state index contributed by atoms with van der Waals surface area (Å²) in [7, 11) is -0.868. The molecule has 2 aliphatic heterocycles. The molecule has 2 aliphatic rings. The molecular weight excluding hydrogens is 521 g/mol. The van der Waals surface area contributed by atoms with E-state index in [-0.39, 0.29) is 10.6 Å². The summed E-state index contributed by atoms with van der Waals surface area (Å²) in [6, 6.07) is 20.6. The van der Waals surface area contributed by atoms with Crippen LogP contribution in [0.25, 0.3) is 5.69 Å². The summed E-state index contributed by atoms with van der Waals surface area (Å²) in [5, 5.41) is 19.9. The van der Waals surface area contributed by atoms with E-state index in [0.717, 1.165) is 27.4 Å². The lowest BCUT2D eigenvalue weighted by Gasteiger charge is -2.46. The molecule has 12 heteroatoms. The molecule has 0 saturated carbocycles. The lowest BCUT2D eigenvalue weighted by molar-refractivity contribution is -0.384. The third-order valence-electron chi connectivity index (χ3n) is 6.69. The Bertz CT molecular complexity index is 1580. The number of rotatable bonds is 5. The minimum absolute atomic E-state index is 0.0247. The monoisotopic (exact) mass is 547 g/mol. The normalized spacial score (nSPS) is 19.6. The number of aryl methyl sites for hydroxylation is 1. The molecule has 6 rings (SSSR count). The zero-order valence-electron chi connectivity index (χ0n) is 21.0. The van der Waals surface area contributed by atoms with Gasteiger partial charge in [0.2, 0.25) is 0 Å². The minimum atomic E-state index is -2.87. The molecule has 1 fully saturated rings. The molecule has 0 radical (unpaired) electrons. The van der Waals surface area contributed by atoms with E-state index in [1.807, 2.05) is 66.5 Å². The summed E-state index contributed by atoms with van der Waals surface area (Å²) in [5.41, 5.74) is 2.01. The molecule has 0 bridgehead atoms. The highest BCUT2D eigenvalue weighted by molar-refractivity contribution is 7.70. The summed E-state index contributed by atoms with van der Waals surface area (Å²) >= 11 is 1.60. The maximum absolute atomic E-state index is 12.1. The molecule has 4 heterocycles. The summed E-state index contributed by atoms with van der Waals surface area (Å²) < 4.78 is 17.5. The fraction of sp³-hybridized carbons (Fsp3) is 0.231. The standard InChI is InChI=1S/C26H26N7O3PS/c1-19-24-26(32(28-19)20-9-4-3-5-10-20)27-25(23-13-8-18-38-23)30(2)37(24,31-14-16-36-17-15-31)29-21-11-6-7-12-22(21)33(34)35/h3-13,18H,14-17H2,1-2H3/t37-/m0/s1. The molecular formula is C26H26N7O3PS. The van der Waals surface area contributed by atoms with Gasteiger partial charge in [0.1, 0.15) is 5.69 Å². The van der Waals surface area contributed by atoms with Crippen LogP contribution in [0.2, 0.25) is 0 Å². The number of thiophene rings is 1. The number of nitro benzene ring substituents is 1. The number of nitro groups is 1. The van der Waals surface area contributed by atoms with Crippen LogP contribution in [0, 0.1) is 17.0 Å². The van der Waals surface area contributed by atoms with Crippen LogP contribution in [0.1, 0.15) is 10.6 Å². The van der Waals surface area contributed by atoms with Crippen LogP contribution in [0.4, 0.5) is 17.2 Å². The van der Waals surface area contributed by atoms with Gasteiger partial charge in [0.05, 0.1) is 39.7 Å². The summed E-state index contributed by atoms with van der Waals surface area (Å²) in [5.74, 6) is 1.48. The Hall–Kier alpha value is -3.63. The van der Waals surface area contributed by atoms with Crippen LogP contribution in [-0.4, -0.2) is 63.2 Å². The van der Waals surface area contributed by atoms with Crippen LogP contribution >= 0.6 is 18.7 Å². The van der Waals surface area contributed by atoms with Crippen molar-refractivity contribution in [3.63, 3.8) is 0 Å². The van der Waals surface area contributed by atoms with Gasteiger partial charge in [-0.1, -0.05) is 36.4 Å². The van der Waals surface area contributed by atoms with Crippen molar-refractivity contribution < 1.29 is 9.66 Å². The SMILES string of the molecule is Cc1nn(-c2ccccc2)c2c1[P@@](=Nc1ccccc1[N+](=O)[O-])(N1CCOCC1)N(C)C(c1cccs1)=N2. The van der Waals surface area contributed by atoms with Crippen molar-refractivity contribution in [3.05, 3.63) is 92.8 Å². The van der Waals surface area contributed by atoms with E-state index in [2.05, 4.69) is 9.34 Å². The first-order chi connectivity index (χ1) is 18.5. The predicted octanol–water partition coefficient (Wildman–Crippen LogP) is 5.49. The van der Waals surface area contributed by atoms with Gasteiger partial charge in [-0.3, -0.25) is 10.1 Å². The van der Waals surface area contributed by atoms with Gasteiger partial charge in [0, 0.05) is 26.2 Å². The molecule has 2 aromatic carbocycles. The van der Waals surface area contributed by atoms with Crippen LogP contribution in [0.3, 0.4) is 0 Å². The molecule has 4 aromatic rings. The third kappa shape index (κ3) is 3.99. The maximum atomic E-state index is 12.1. The smallest absolute Gasteiger partial charge is 0.294 e. The number of aliphatic imine (C=N–C) groups is 1. The summed E-state index contributed by atoms with van der Waals surface area (Å²) in [4.78, 5) is 17.9. The van der Waals surface area contributed by atoms with E-state index >= 15 is 0 Å². The third-order valence-corrected chi connectivity index (χ3v) is 11.4. The van der Waals surface area contributed by atoms with Crippen molar-refractivity contribution >= 4 is 47.0 Å². The quantitative estimate of drug-likeness (QED) is 0.186. The second kappa shape index (κ2) is 9.92. The molecule has 10 nitrogen and oxygen atoms in total. The maximum Gasteiger partial charge on any atom is 0.294 e. The van der Waals surface area contributed by atoms with Gasteiger partial charge >= 0.3 is 0 Å². The fourth-order valence-electron chi connectivity index (χ4n) is 4.98. The number of para-hydroxylation sites is 2. The molecule has 0 N–H and O–H groups in total. The van der Waals surface area contributed by atoms with Gasteiger partial charge in [-0.05, 0) is 36.6 Å². The van der Waals surface area contributed by atoms with Crippen molar-refractivity contribution in [3.8, 4) is 5.69 Å². The number of aromatic nitrogens is 2. The molecule has 0 spiro atoms.